The zero-order valence-corrected chi connectivity index (χ0v) is 16.6. The normalized spacial score (nSPS) is 15.3. The summed E-state index contributed by atoms with van der Waals surface area (Å²) in [5.74, 6) is -0.459. The SMILES string of the molecule is N#Cc1cccnc1N1CCC(CNC(=O)c2cc(C(F)(F)F)cc(C(F)(F)F)c2)CC1. The number of amides is 1. The lowest BCUT2D eigenvalue weighted by atomic mass is 9.96. The average molecular weight is 456 g/mol. The molecule has 1 fully saturated rings. The smallest absolute Gasteiger partial charge is 0.356 e. The third kappa shape index (κ3) is 5.49. The quantitative estimate of drug-likeness (QED) is 0.681. The van der Waals surface area contributed by atoms with Gasteiger partial charge in [0.1, 0.15) is 11.9 Å². The number of aromatic nitrogens is 1. The number of pyridine rings is 1. The summed E-state index contributed by atoms with van der Waals surface area (Å²) in [6.45, 7) is 1.21. The second kappa shape index (κ2) is 9.06. The highest BCUT2D eigenvalue weighted by atomic mass is 19.4. The molecule has 1 N–H and O–H groups in total. The van der Waals surface area contributed by atoms with Gasteiger partial charge in [-0.15, -0.1) is 0 Å². The number of hydrogen-bond donors (Lipinski definition) is 1. The molecular weight excluding hydrogens is 438 g/mol. The van der Waals surface area contributed by atoms with Crippen molar-refractivity contribution >= 4 is 11.7 Å². The van der Waals surface area contributed by atoms with Crippen LogP contribution in [0.5, 0.6) is 0 Å². The molecule has 1 aromatic heterocycles. The van der Waals surface area contributed by atoms with Crippen molar-refractivity contribution in [2.75, 3.05) is 24.5 Å². The molecule has 1 amide bonds. The minimum atomic E-state index is -5.02. The molecule has 0 saturated carbocycles. The van der Waals surface area contributed by atoms with E-state index in [2.05, 4.69) is 16.4 Å². The first-order valence-electron chi connectivity index (χ1n) is 9.67. The molecule has 2 heterocycles. The Hall–Kier alpha value is -3.29. The number of nitrogens with one attached hydrogen (secondary N) is 1. The minimum absolute atomic E-state index is 0.0143. The van der Waals surface area contributed by atoms with Gasteiger partial charge in [0.25, 0.3) is 5.91 Å². The highest BCUT2D eigenvalue weighted by Crippen LogP contribution is 2.36. The summed E-state index contributed by atoms with van der Waals surface area (Å²) in [7, 11) is 0. The van der Waals surface area contributed by atoms with Crippen LogP contribution in [0, 0.1) is 17.2 Å². The summed E-state index contributed by atoms with van der Waals surface area (Å²) in [6, 6.07) is 6.19. The Morgan fingerprint density at radius 1 is 1.09 bits per heavy atom. The first-order valence-corrected chi connectivity index (χ1v) is 9.67. The highest BCUT2D eigenvalue weighted by Gasteiger charge is 2.37. The van der Waals surface area contributed by atoms with E-state index in [1.165, 1.54) is 0 Å². The van der Waals surface area contributed by atoms with Crippen LogP contribution in [-0.2, 0) is 12.4 Å². The highest BCUT2D eigenvalue weighted by molar-refractivity contribution is 5.94. The Bertz CT molecular complexity index is 988. The molecule has 32 heavy (non-hydrogen) atoms. The summed E-state index contributed by atoms with van der Waals surface area (Å²) in [6.07, 6.45) is -7.24. The van der Waals surface area contributed by atoms with E-state index in [0.29, 0.717) is 49.4 Å². The lowest BCUT2D eigenvalue weighted by molar-refractivity contribution is -0.143. The lowest BCUT2D eigenvalue weighted by Crippen LogP contribution is -2.39. The van der Waals surface area contributed by atoms with Crippen LogP contribution in [0.3, 0.4) is 0 Å². The zero-order chi connectivity index (χ0) is 23.5. The number of nitriles is 1. The number of hydrogen-bond acceptors (Lipinski definition) is 4. The van der Waals surface area contributed by atoms with Crippen molar-refractivity contribution in [3.63, 3.8) is 0 Å². The molecule has 1 aromatic carbocycles. The van der Waals surface area contributed by atoms with Gasteiger partial charge < -0.3 is 10.2 Å². The second-order valence-electron chi connectivity index (χ2n) is 7.42. The van der Waals surface area contributed by atoms with Crippen LogP contribution in [0.2, 0.25) is 0 Å². The van der Waals surface area contributed by atoms with Crippen LogP contribution in [0.1, 0.15) is 39.9 Å². The van der Waals surface area contributed by atoms with Crippen molar-refractivity contribution < 1.29 is 31.1 Å². The van der Waals surface area contributed by atoms with Crippen LogP contribution in [-0.4, -0.2) is 30.5 Å². The monoisotopic (exact) mass is 456 g/mol. The Labute approximate surface area is 179 Å². The maximum Gasteiger partial charge on any atom is 0.416 e. The topological polar surface area (TPSA) is 69.0 Å². The fraction of sp³-hybridized carbons (Fsp3) is 0.381. The van der Waals surface area contributed by atoms with Crippen LogP contribution in [0.4, 0.5) is 32.2 Å². The van der Waals surface area contributed by atoms with E-state index in [4.69, 9.17) is 0 Å². The van der Waals surface area contributed by atoms with Gasteiger partial charge in [-0.1, -0.05) is 0 Å². The van der Waals surface area contributed by atoms with E-state index >= 15 is 0 Å². The predicted octanol–water partition coefficient (Wildman–Crippen LogP) is 4.64. The molecule has 0 bridgehead atoms. The van der Waals surface area contributed by atoms with Crippen molar-refractivity contribution in [2.24, 2.45) is 5.92 Å². The molecular formula is C21H18F6N4O. The molecule has 0 radical (unpaired) electrons. The van der Waals surface area contributed by atoms with Crippen molar-refractivity contribution in [3.05, 3.63) is 58.8 Å². The molecule has 170 valence electrons. The number of benzene rings is 1. The van der Waals surface area contributed by atoms with Crippen LogP contribution in [0.25, 0.3) is 0 Å². The number of carbonyl (C=O) groups is 1. The zero-order valence-electron chi connectivity index (χ0n) is 16.6. The molecule has 0 spiro atoms. The van der Waals surface area contributed by atoms with E-state index in [1.807, 2.05) is 4.90 Å². The summed E-state index contributed by atoms with van der Waals surface area (Å²) < 4.78 is 77.9. The Balaban J connectivity index is 1.64. The fourth-order valence-electron chi connectivity index (χ4n) is 3.51. The summed E-state index contributed by atoms with van der Waals surface area (Å²) >= 11 is 0. The van der Waals surface area contributed by atoms with Gasteiger partial charge in [0.05, 0.1) is 16.7 Å². The van der Waals surface area contributed by atoms with Gasteiger partial charge in [-0.3, -0.25) is 4.79 Å². The average Bonchev–Trinajstić information content (AvgIpc) is 2.76. The van der Waals surface area contributed by atoms with Gasteiger partial charge in [-0.05, 0) is 49.1 Å². The van der Waals surface area contributed by atoms with E-state index in [1.54, 1.807) is 18.3 Å². The number of anilines is 1. The lowest BCUT2D eigenvalue weighted by Gasteiger charge is -2.33. The largest absolute Gasteiger partial charge is 0.416 e. The molecule has 2 aromatic rings. The molecule has 1 saturated heterocycles. The number of alkyl halides is 6. The third-order valence-electron chi connectivity index (χ3n) is 5.22. The van der Waals surface area contributed by atoms with Gasteiger partial charge in [0.15, 0.2) is 0 Å². The maximum absolute atomic E-state index is 13.0. The summed E-state index contributed by atoms with van der Waals surface area (Å²) in [5.41, 5.74) is -3.33. The van der Waals surface area contributed by atoms with Crippen molar-refractivity contribution in [1.82, 2.24) is 10.3 Å². The molecule has 1 aliphatic rings. The Morgan fingerprint density at radius 2 is 1.69 bits per heavy atom. The predicted molar refractivity (Wildman–Crippen MR) is 103 cm³/mol. The molecule has 11 heteroatoms. The number of rotatable bonds is 4. The van der Waals surface area contributed by atoms with Crippen molar-refractivity contribution in [2.45, 2.75) is 25.2 Å². The van der Waals surface area contributed by atoms with Gasteiger partial charge in [-0.2, -0.15) is 31.6 Å². The molecule has 5 nitrogen and oxygen atoms in total. The number of carbonyl (C=O) groups excluding carboxylic acids is 1. The van der Waals surface area contributed by atoms with Gasteiger partial charge in [0.2, 0.25) is 0 Å². The molecule has 0 atom stereocenters. The van der Waals surface area contributed by atoms with E-state index in [0.717, 1.165) is 0 Å². The van der Waals surface area contributed by atoms with Crippen LogP contribution >= 0.6 is 0 Å². The number of nitrogens with zero attached hydrogens (tertiary/aromatic N) is 3. The first-order chi connectivity index (χ1) is 15.0. The van der Waals surface area contributed by atoms with Gasteiger partial charge in [-0.25, -0.2) is 4.98 Å². The molecule has 0 aliphatic carbocycles. The van der Waals surface area contributed by atoms with Crippen molar-refractivity contribution in [1.29, 1.82) is 5.26 Å². The summed E-state index contributed by atoms with van der Waals surface area (Å²) in [5, 5.41) is 11.6. The van der Waals surface area contributed by atoms with E-state index < -0.39 is 35.0 Å². The van der Waals surface area contributed by atoms with E-state index in [9.17, 15) is 36.4 Å². The van der Waals surface area contributed by atoms with Crippen LogP contribution < -0.4 is 10.2 Å². The number of piperidine rings is 1. The minimum Gasteiger partial charge on any atom is -0.356 e. The third-order valence-corrected chi connectivity index (χ3v) is 5.22. The first kappa shape index (κ1) is 23.4. The second-order valence-corrected chi connectivity index (χ2v) is 7.42. The molecule has 3 rings (SSSR count). The Morgan fingerprint density at radius 3 is 2.22 bits per heavy atom. The fourth-order valence-corrected chi connectivity index (χ4v) is 3.51. The van der Waals surface area contributed by atoms with Gasteiger partial charge in [0, 0.05) is 31.4 Å². The van der Waals surface area contributed by atoms with Gasteiger partial charge >= 0.3 is 12.4 Å². The van der Waals surface area contributed by atoms with E-state index in [-0.39, 0.29) is 18.5 Å². The summed E-state index contributed by atoms with van der Waals surface area (Å²) in [4.78, 5) is 18.5. The van der Waals surface area contributed by atoms with Crippen LogP contribution in [0.15, 0.2) is 36.5 Å². The molecule has 0 unspecified atom stereocenters. The maximum atomic E-state index is 13.0. The molecule has 1 aliphatic heterocycles. The van der Waals surface area contributed by atoms with Crippen molar-refractivity contribution in [3.8, 4) is 6.07 Å². The number of halogens is 6. The Kier molecular flexibility index (Phi) is 6.62. The standard InChI is InChI=1S/C21H18F6N4O/c22-20(23,24)16-8-15(9-17(10-16)21(25,26)27)19(32)30-12-13-3-6-31(7-4-13)18-14(11-28)2-1-5-29-18/h1-2,5,8-10,13H,3-4,6-7,12H2,(H,30,32).